The summed E-state index contributed by atoms with van der Waals surface area (Å²) in [5, 5.41) is 7.54. The average Bonchev–Trinajstić information content (AvgIpc) is 2.88. The number of rotatable bonds is 11. The van der Waals surface area contributed by atoms with E-state index in [2.05, 4.69) is 31.8 Å². The summed E-state index contributed by atoms with van der Waals surface area (Å²) >= 11 is 15.7. The summed E-state index contributed by atoms with van der Waals surface area (Å²) in [6.07, 6.45) is 1.45. The van der Waals surface area contributed by atoms with Gasteiger partial charge in [0.25, 0.3) is 11.8 Å². The maximum Gasteiger partial charge on any atom is 0.259 e. The molecule has 0 aliphatic rings. The van der Waals surface area contributed by atoms with Crippen LogP contribution < -0.4 is 25.0 Å². The SMILES string of the molecule is CCOc1cc(C=NNC(=O)CNC(=O)c2ccccc2OC)cc(Br)c1OCc1ccc(Cl)cc1Cl. The van der Waals surface area contributed by atoms with Crippen molar-refractivity contribution in [2.45, 2.75) is 13.5 Å². The summed E-state index contributed by atoms with van der Waals surface area (Å²) in [7, 11) is 1.47. The molecule has 0 aliphatic carbocycles. The van der Waals surface area contributed by atoms with Gasteiger partial charge in [-0.05, 0) is 64.8 Å². The summed E-state index contributed by atoms with van der Waals surface area (Å²) in [5.41, 5.74) is 4.12. The van der Waals surface area contributed by atoms with Gasteiger partial charge in [-0.25, -0.2) is 5.43 Å². The van der Waals surface area contributed by atoms with Crippen LogP contribution in [0.4, 0.5) is 0 Å². The molecular weight excluding hydrogens is 585 g/mol. The number of nitrogens with zero attached hydrogens (tertiary/aromatic N) is 1. The second kappa shape index (κ2) is 13.9. The highest BCUT2D eigenvalue weighted by molar-refractivity contribution is 9.10. The molecule has 0 unspecified atom stereocenters. The standard InChI is InChI=1S/C26H24BrCl2N3O5/c1-3-36-23-11-16(10-20(27)25(23)37-15-17-8-9-18(28)12-21(17)29)13-31-32-24(33)14-30-26(34)19-6-4-5-7-22(19)35-2/h4-13H,3,14-15H2,1-2H3,(H,30,34)(H,32,33). The van der Waals surface area contributed by atoms with Crippen LogP contribution in [-0.2, 0) is 11.4 Å². The first kappa shape index (κ1) is 28.3. The smallest absolute Gasteiger partial charge is 0.259 e. The molecule has 0 bridgehead atoms. The Labute approximate surface area is 233 Å². The predicted octanol–water partition coefficient (Wildman–Crippen LogP) is 5.62. The lowest BCUT2D eigenvalue weighted by Gasteiger charge is -2.15. The lowest BCUT2D eigenvalue weighted by molar-refractivity contribution is -0.120. The van der Waals surface area contributed by atoms with E-state index in [9.17, 15) is 9.59 Å². The van der Waals surface area contributed by atoms with Gasteiger partial charge in [-0.1, -0.05) is 41.4 Å². The Morgan fingerprint density at radius 3 is 2.57 bits per heavy atom. The van der Waals surface area contributed by atoms with Crippen molar-refractivity contribution < 1.29 is 23.8 Å². The zero-order valence-electron chi connectivity index (χ0n) is 20.0. The van der Waals surface area contributed by atoms with Crippen LogP contribution in [0.25, 0.3) is 0 Å². The van der Waals surface area contributed by atoms with Gasteiger partial charge in [0.05, 0.1) is 36.5 Å². The highest BCUT2D eigenvalue weighted by atomic mass is 79.9. The summed E-state index contributed by atoms with van der Waals surface area (Å²) in [6, 6.07) is 15.4. The summed E-state index contributed by atoms with van der Waals surface area (Å²) in [4.78, 5) is 24.5. The Morgan fingerprint density at radius 2 is 1.84 bits per heavy atom. The Hall–Kier alpha value is -3.27. The Balaban J connectivity index is 1.61. The summed E-state index contributed by atoms with van der Waals surface area (Å²) < 4.78 is 17.5. The molecule has 0 saturated carbocycles. The molecule has 0 aliphatic heterocycles. The van der Waals surface area contributed by atoms with E-state index in [1.54, 1.807) is 54.6 Å². The summed E-state index contributed by atoms with van der Waals surface area (Å²) in [5.74, 6) is 0.463. The van der Waals surface area contributed by atoms with Crippen LogP contribution in [0.1, 0.15) is 28.4 Å². The number of ether oxygens (including phenoxy) is 3. The number of methoxy groups -OCH3 is 1. The van der Waals surface area contributed by atoms with Gasteiger partial charge >= 0.3 is 0 Å². The van der Waals surface area contributed by atoms with Crippen LogP contribution in [0.3, 0.4) is 0 Å². The van der Waals surface area contributed by atoms with Crippen molar-refractivity contribution in [2.75, 3.05) is 20.3 Å². The first-order valence-electron chi connectivity index (χ1n) is 11.1. The van der Waals surface area contributed by atoms with Crippen molar-refractivity contribution >= 4 is 57.2 Å². The molecular formula is C26H24BrCl2N3O5. The highest BCUT2D eigenvalue weighted by Gasteiger charge is 2.14. The van der Waals surface area contributed by atoms with E-state index in [4.69, 9.17) is 37.4 Å². The zero-order chi connectivity index (χ0) is 26.8. The topological polar surface area (TPSA) is 98.2 Å². The number of nitrogens with one attached hydrogen (secondary N) is 2. The average molecular weight is 609 g/mol. The van der Waals surface area contributed by atoms with Gasteiger partial charge in [0.1, 0.15) is 12.4 Å². The molecule has 3 aromatic carbocycles. The van der Waals surface area contributed by atoms with Gasteiger partial charge in [0.15, 0.2) is 11.5 Å². The number of benzene rings is 3. The molecule has 0 radical (unpaired) electrons. The van der Waals surface area contributed by atoms with Gasteiger partial charge in [-0.2, -0.15) is 5.10 Å². The first-order chi connectivity index (χ1) is 17.8. The molecule has 8 nitrogen and oxygen atoms in total. The van der Waals surface area contributed by atoms with Gasteiger partial charge in [0.2, 0.25) is 0 Å². The fraction of sp³-hybridized carbons (Fsp3) is 0.192. The minimum Gasteiger partial charge on any atom is -0.496 e. The van der Waals surface area contributed by atoms with E-state index in [1.165, 1.54) is 13.3 Å². The predicted molar refractivity (Wildman–Crippen MR) is 147 cm³/mol. The number of carbonyl (C=O) groups excluding carboxylic acids is 2. The van der Waals surface area contributed by atoms with Gasteiger partial charge < -0.3 is 19.5 Å². The summed E-state index contributed by atoms with van der Waals surface area (Å²) in [6.45, 7) is 2.21. The molecule has 2 amide bonds. The number of halogens is 3. The number of hydrogen-bond acceptors (Lipinski definition) is 6. The van der Waals surface area contributed by atoms with Crippen LogP contribution in [0, 0.1) is 0 Å². The van der Waals surface area contributed by atoms with Crippen molar-refractivity contribution in [1.82, 2.24) is 10.7 Å². The van der Waals surface area contributed by atoms with Crippen molar-refractivity contribution in [2.24, 2.45) is 5.10 Å². The van der Waals surface area contributed by atoms with E-state index in [0.29, 0.717) is 49.5 Å². The zero-order valence-corrected chi connectivity index (χ0v) is 23.1. The maximum absolute atomic E-state index is 12.3. The third-order valence-electron chi connectivity index (χ3n) is 4.88. The molecule has 0 heterocycles. The Morgan fingerprint density at radius 1 is 1.05 bits per heavy atom. The number of amides is 2. The van der Waals surface area contributed by atoms with Crippen molar-refractivity contribution in [3.8, 4) is 17.2 Å². The monoisotopic (exact) mass is 607 g/mol. The van der Waals surface area contributed by atoms with E-state index in [1.807, 2.05) is 6.92 Å². The normalized spacial score (nSPS) is 10.7. The fourth-order valence-corrected chi connectivity index (χ4v) is 4.20. The molecule has 2 N–H and O–H groups in total. The molecule has 37 heavy (non-hydrogen) atoms. The first-order valence-corrected chi connectivity index (χ1v) is 12.6. The molecule has 0 fully saturated rings. The quantitative estimate of drug-likeness (QED) is 0.217. The molecule has 3 rings (SSSR count). The van der Waals surface area contributed by atoms with Crippen molar-refractivity contribution in [3.05, 3.63) is 85.8 Å². The number of hydrazone groups is 1. The largest absolute Gasteiger partial charge is 0.496 e. The van der Waals surface area contributed by atoms with E-state index < -0.39 is 11.8 Å². The third-order valence-corrected chi connectivity index (χ3v) is 6.06. The van der Waals surface area contributed by atoms with Crippen molar-refractivity contribution in [3.63, 3.8) is 0 Å². The van der Waals surface area contributed by atoms with Crippen LogP contribution >= 0.6 is 39.1 Å². The maximum atomic E-state index is 12.3. The highest BCUT2D eigenvalue weighted by Crippen LogP contribution is 2.37. The van der Waals surface area contributed by atoms with E-state index >= 15 is 0 Å². The fourth-order valence-electron chi connectivity index (χ4n) is 3.16. The van der Waals surface area contributed by atoms with Gasteiger partial charge in [-0.3, -0.25) is 9.59 Å². The van der Waals surface area contributed by atoms with Crippen LogP contribution in [0.15, 0.2) is 64.2 Å². The van der Waals surface area contributed by atoms with E-state index in [0.717, 1.165) is 5.56 Å². The number of hydrogen-bond donors (Lipinski definition) is 2. The molecule has 3 aromatic rings. The lowest BCUT2D eigenvalue weighted by Crippen LogP contribution is -2.35. The van der Waals surface area contributed by atoms with Crippen molar-refractivity contribution in [1.29, 1.82) is 0 Å². The Kier molecular flexibility index (Phi) is 10.6. The Bertz CT molecular complexity index is 1300. The van der Waals surface area contributed by atoms with Crippen LogP contribution in [0.5, 0.6) is 17.2 Å². The lowest BCUT2D eigenvalue weighted by atomic mass is 10.2. The van der Waals surface area contributed by atoms with Crippen LogP contribution in [0.2, 0.25) is 10.0 Å². The number of para-hydroxylation sites is 1. The van der Waals surface area contributed by atoms with Gasteiger partial charge in [0, 0.05) is 15.6 Å². The van der Waals surface area contributed by atoms with Gasteiger partial charge in [-0.15, -0.1) is 0 Å². The van der Waals surface area contributed by atoms with Crippen LogP contribution in [-0.4, -0.2) is 38.3 Å². The number of carbonyl (C=O) groups is 2. The molecule has 194 valence electrons. The minimum atomic E-state index is -0.497. The third kappa shape index (κ3) is 8.11. The molecule has 0 spiro atoms. The minimum absolute atomic E-state index is 0.207. The second-order valence-corrected chi connectivity index (χ2v) is 9.16. The molecule has 0 aromatic heterocycles. The molecule has 11 heteroatoms. The molecule has 0 atom stereocenters. The second-order valence-electron chi connectivity index (χ2n) is 7.46. The van der Waals surface area contributed by atoms with E-state index in [-0.39, 0.29) is 13.2 Å². The molecule has 0 saturated heterocycles.